The fraction of sp³-hybridized carbons (Fsp3) is 0.200. The van der Waals surface area contributed by atoms with Crippen LogP contribution in [0.4, 0.5) is 0 Å². The lowest BCUT2D eigenvalue weighted by Gasteiger charge is -2.20. The van der Waals surface area contributed by atoms with Gasteiger partial charge in [-0.2, -0.15) is 11.3 Å². The van der Waals surface area contributed by atoms with Gasteiger partial charge in [-0.05, 0) is 34.5 Å². The number of fused-ring (bicyclic) bond motifs is 1. The zero-order valence-electron chi connectivity index (χ0n) is 12.3. The summed E-state index contributed by atoms with van der Waals surface area (Å²) >= 11 is 1.52. The number of likely N-dealkylation sites (N-methyl/N-ethyl adjacent to an activating group) is 1. The van der Waals surface area contributed by atoms with Crippen molar-refractivity contribution in [3.8, 4) is 0 Å². The van der Waals surface area contributed by atoms with Gasteiger partial charge >= 0.3 is 0 Å². The fourth-order valence-electron chi connectivity index (χ4n) is 2.38. The van der Waals surface area contributed by atoms with Crippen molar-refractivity contribution in [3.63, 3.8) is 0 Å². The number of carbonyl (C=O) groups excluding carboxylic acids is 2. The van der Waals surface area contributed by atoms with Crippen molar-refractivity contribution in [2.24, 2.45) is 0 Å². The average molecular weight is 350 g/mol. The highest BCUT2D eigenvalue weighted by Gasteiger charge is 2.42. The van der Waals surface area contributed by atoms with Gasteiger partial charge in [-0.15, -0.1) is 0 Å². The van der Waals surface area contributed by atoms with Crippen LogP contribution in [-0.4, -0.2) is 43.0 Å². The van der Waals surface area contributed by atoms with Crippen LogP contribution in [-0.2, 0) is 21.4 Å². The molecule has 6 nitrogen and oxygen atoms in total. The van der Waals surface area contributed by atoms with Gasteiger partial charge in [0.15, 0.2) is 0 Å². The van der Waals surface area contributed by atoms with Gasteiger partial charge in [0.05, 0.1) is 5.56 Å². The Labute approximate surface area is 138 Å². The fourth-order valence-corrected chi connectivity index (χ4v) is 4.55. The van der Waals surface area contributed by atoms with Gasteiger partial charge in [0.2, 0.25) is 5.91 Å². The van der Waals surface area contributed by atoms with Crippen molar-refractivity contribution in [1.82, 2.24) is 9.21 Å². The van der Waals surface area contributed by atoms with E-state index < -0.39 is 28.4 Å². The summed E-state index contributed by atoms with van der Waals surface area (Å²) < 4.78 is 25.5. The minimum Gasteiger partial charge on any atom is -0.340 e. The van der Waals surface area contributed by atoms with Gasteiger partial charge in [0, 0.05) is 13.6 Å². The second-order valence-corrected chi connectivity index (χ2v) is 7.81. The molecule has 2 amide bonds. The predicted octanol–water partition coefficient (Wildman–Crippen LogP) is 1.55. The van der Waals surface area contributed by atoms with Crippen molar-refractivity contribution in [3.05, 3.63) is 52.2 Å². The maximum absolute atomic E-state index is 12.4. The molecule has 0 fully saturated rings. The normalized spacial score (nSPS) is 15.5. The highest BCUT2D eigenvalue weighted by atomic mass is 32.2. The lowest BCUT2D eigenvalue weighted by molar-refractivity contribution is -0.130. The van der Waals surface area contributed by atoms with Crippen molar-refractivity contribution >= 4 is 33.2 Å². The number of nitrogens with zero attached hydrogens (tertiary/aromatic N) is 2. The molecule has 8 heteroatoms. The second-order valence-electron chi connectivity index (χ2n) is 5.19. The van der Waals surface area contributed by atoms with Crippen LogP contribution in [0.1, 0.15) is 15.9 Å². The van der Waals surface area contributed by atoms with E-state index >= 15 is 0 Å². The molecular weight excluding hydrogens is 336 g/mol. The first kappa shape index (κ1) is 15.7. The van der Waals surface area contributed by atoms with Crippen LogP contribution in [0.5, 0.6) is 0 Å². The Morgan fingerprint density at radius 2 is 2.00 bits per heavy atom. The van der Waals surface area contributed by atoms with E-state index in [9.17, 15) is 18.0 Å². The van der Waals surface area contributed by atoms with E-state index in [0.717, 1.165) is 5.56 Å². The van der Waals surface area contributed by atoms with Gasteiger partial charge in [0.25, 0.3) is 15.9 Å². The molecule has 3 rings (SSSR count). The average Bonchev–Trinajstić information content (AvgIpc) is 3.09. The SMILES string of the molecule is CN(Cc1ccsc1)C(=O)CN1C(=O)c2ccccc2S1(=O)=O. The highest BCUT2D eigenvalue weighted by Crippen LogP contribution is 2.29. The molecule has 0 radical (unpaired) electrons. The quantitative estimate of drug-likeness (QED) is 0.838. The van der Waals surface area contributed by atoms with E-state index in [0.29, 0.717) is 10.8 Å². The molecule has 0 spiro atoms. The number of sulfonamides is 1. The molecule has 1 aliphatic heterocycles. The summed E-state index contributed by atoms with van der Waals surface area (Å²) in [5.74, 6) is -1.08. The predicted molar refractivity (Wildman–Crippen MR) is 85.5 cm³/mol. The summed E-state index contributed by atoms with van der Waals surface area (Å²) in [6, 6.07) is 7.87. The minimum atomic E-state index is -3.95. The molecule has 1 aromatic carbocycles. The Bertz CT molecular complexity index is 859. The van der Waals surface area contributed by atoms with Gasteiger partial charge in [-0.1, -0.05) is 12.1 Å². The van der Waals surface area contributed by atoms with Gasteiger partial charge in [-0.3, -0.25) is 9.59 Å². The zero-order valence-corrected chi connectivity index (χ0v) is 13.9. The molecule has 23 heavy (non-hydrogen) atoms. The molecule has 0 bridgehead atoms. The van der Waals surface area contributed by atoms with Gasteiger partial charge < -0.3 is 4.90 Å². The first-order valence-corrected chi connectivity index (χ1v) is 9.20. The number of rotatable bonds is 4. The third-order valence-electron chi connectivity index (χ3n) is 3.62. The number of benzene rings is 1. The van der Waals surface area contributed by atoms with E-state index in [4.69, 9.17) is 0 Å². The van der Waals surface area contributed by atoms with Crippen LogP contribution < -0.4 is 0 Å². The van der Waals surface area contributed by atoms with E-state index in [-0.39, 0.29) is 10.5 Å². The third kappa shape index (κ3) is 2.75. The Morgan fingerprint density at radius 1 is 1.26 bits per heavy atom. The largest absolute Gasteiger partial charge is 0.340 e. The van der Waals surface area contributed by atoms with Gasteiger partial charge in [0.1, 0.15) is 11.4 Å². The van der Waals surface area contributed by atoms with Crippen molar-refractivity contribution in [1.29, 1.82) is 0 Å². The van der Waals surface area contributed by atoms with E-state index in [1.54, 1.807) is 19.2 Å². The monoisotopic (exact) mass is 350 g/mol. The second kappa shape index (κ2) is 5.78. The summed E-state index contributed by atoms with van der Waals surface area (Å²) in [6.45, 7) is -0.117. The first-order valence-electron chi connectivity index (χ1n) is 6.82. The molecule has 2 aromatic rings. The molecule has 1 aromatic heterocycles. The molecule has 0 unspecified atom stereocenters. The van der Waals surface area contributed by atoms with Crippen molar-refractivity contribution in [2.45, 2.75) is 11.4 Å². The number of carbonyl (C=O) groups is 2. The number of thiophene rings is 1. The van der Waals surface area contributed by atoms with Crippen LogP contribution in [0.15, 0.2) is 46.0 Å². The van der Waals surface area contributed by atoms with E-state index in [2.05, 4.69) is 0 Å². The maximum Gasteiger partial charge on any atom is 0.269 e. The molecule has 1 aliphatic rings. The van der Waals surface area contributed by atoms with Crippen molar-refractivity contribution in [2.75, 3.05) is 13.6 Å². The van der Waals surface area contributed by atoms with Crippen LogP contribution >= 0.6 is 11.3 Å². The maximum atomic E-state index is 12.4. The van der Waals surface area contributed by atoms with Crippen LogP contribution in [0.2, 0.25) is 0 Å². The van der Waals surface area contributed by atoms with E-state index in [1.165, 1.54) is 28.4 Å². The lowest BCUT2D eigenvalue weighted by atomic mass is 10.2. The smallest absolute Gasteiger partial charge is 0.269 e. The van der Waals surface area contributed by atoms with Gasteiger partial charge in [-0.25, -0.2) is 12.7 Å². The highest BCUT2D eigenvalue weighted by molar-refractivity contribution is 7.90. The van der Waals surface area contributed by atoms with Crippen LogP contribution in [0.3, 0.4) is 0 Å². The Hall–Kier alpha value is -2.19. The first-order chi connectivity index (χ1) is 10.9. The summed E-state index contributed by atoms with van der Waals surface area (Å²) in [5.41, 5.74) is 1.07. The Morgan fingerprint density at radius 3 is 2.65 bits per heavy atom. The zero-order chi connectivity index (χ0) is 16.6. The molecule has 0 saturated carbocycles. The topological polar surface area (TPSA) is 74.8 Å². The molecule has 120 valence electrons. The number of amides is 2. The molecule has 2 heterocycles. The van der Waals surface area contributed by atoms with E-state index in [1.807, 2.05) is 16.8 Å². The molecular formula is C15H14N2O4S2. The van der Waals surface area contributed by atoms with Crippen LogP contribution in [0.25, 0.3) is 0 Å². The standard InChI is InChI=1S/C15H14N2O4S2/c1-16(8-11-6-7-22-10-11)14(18)9-17-15(19)12-4-2-3-5-13(12)23(17,20)21/h2-7,10H,8-9H2,1H3. The summed E-state index contributed by atoms with van der Waals surface area (Å²) in [4.78, 5) is 25.9. The lowest BCUT2D eigenvalue weighted by Crippen LogP contribution is -2.40. The number of hydrogen-bond acceptors (Lipinski definition) is 5. The molecule has 0 atom stereocenters. The summed E-state index contributed by atoms with van der Waals surface area (Å²) in [7, 11) is -2.36. The Balaban J connectivity index is 1.78. The Kier molecular flexibility index (Phi) is 3.95. The summed E-state index contributed by atoms with van der Waals surface area (Å²) in [6.07, 6.45) is 0. The minimum absolute atomic E-state index is 0.0433. The summed E-state index contributed by atoms with van der Waals surface area (Å²) in [5, 5.41) is 3.82. The number of hydrogen-bond donors (Lipinski definition) is 0. The van der Waals surface area contributed by atoms with Crippen LogP contribution in [0, 0.1) is 0 Å². The molecule has 0 N–H and O–H groups in total. The van der Waals surface area contributed by atoms with Crippen molar-refractivity contribution < 1.29 is 18.0 Å². The third-order valence-corrected chi connectivity index (χ3v) is 6.14. The molecule has 0 saturated heterocycles. The molecule has 0 aliphatic carbocycles.